The Morgan fingerprint density at radius 3 is 2.86 bits per heavy atom. The van der Waals surface area contributed by atoms with Crippen molar-refractivity contribution in [2.75, 3.05) is 13.9 Å². The molecule has 0 saturated heterocycles. The molecule has 1 aliphatic heterocycles. The Kier molecular flexibility index (Phi) is 4.18. The second-order valence-electron chi connectivity index (χ2n) is 4.71. The van der Waals surface area contributed by atoms with Gasteiger partial charge < -0.3 is 19.5 Å². The summed E-state index contributed by atoms with van der Waals surface area (Å²) in [7, 11) is 1.65. The molecule has 0 atom stereocenters. The number of benzene rings is 2. The summed E-state index contributed by atoms with van der Waals surface area (Å²) in [6.07, 6.45) is 0. The average molecular weight is 306 g/mol. The molecule has 5 heteroatoms. The van der Waals surface area contributed by atoms with Crippen molar-refractivity contribution in [3.05, 3.63) is 52.5 Å². The molecule has 0 aliphatic carbocycles. The fraction of sp³-hybridized carbons (Fsp3) is 0.250. The molecule has 2 aromatic carbocycles. The van der Waals surface area contributed by atoms with Crippen LogP contribution < -0.4 is 19.5 Å². The number of hydrogen-bond acceptors (Lipinski definition) is 4. The Bertz CT molecular complexity index is 645. The van der Waals surface area contributed by atoms with E-state index in [4.69, 9.17) is 25.8 Å². The second kappa shape index (κ2) is 6.24. The standard InChI is InChI=1S/C16H16ClNO3/c1-19-14-4-2-3-13(17)12(14)9-18-8-11-5-6-15-16(7-11)21-10-20-15/h2-7,18H,8-10H2,1H3. The van der Waals surface area contributed by atoms with E-state index in [1.807, 2.05) is 36.4 Å². The first-order valence-electron chi connectivity index (χ1n) is 6.68. The number of ether oxygens (including phenoxy) is 3. The molecule has 3 rings (SSSR count). The van der Waals surface area contributed by atoms with Crippen LogP contribution in [0.2, 0.25) is 5.02 Å². The summed E-state index contributed by atoms with van der Waals surface area (Å²) >= 11 is 6.21. The van der Waals surface area contributed by atoms with Crippen molar-refractivity contribution in [2.45, 2.75) is 13.1 Å². The largest absolute Gasteiger partial charge is 0.496 e. The van der Waals surface area contributed by atoms with Gasteiger partial charge in [0.05, 0.1) is 7.11 Å². The highest BCUT2D eigenvalue weighted by atomic mass is 35.5. The fourth-order valence-electron chi connectivity index (χ4n) is 2.28. The van der Waals surface area contributed by atoms with Gasteiger partial charge in [0.1, 0.15) is 5.75 Å². The van der Waals surface area contributed by atoms with Crippen LogP contribution in [-0.4, -0.2) is 13.9 Å². The Morgan fingerprint density at radius 1 is 1.14 bits per heavy atom. The van der Waals surface area contributed by atoms with E-state index >= 15 is 0 Å². The third kappa shape index (κ3) is 3.06. The van der Waals surface area contributed by atoms with Crippen molar-refractivity contribution in [2.24, 2.45) is 0 Å². The van der Waals surface area contributed by atoms with Crippen LogP contribution in [0.4, 0.5) is 0 Å². The minimum absolute atomic E-state index is 0.295. The van der Waals surface area contributed by atoms with Crippen molar-refractivity contribution in [3.63, 3.8) is 0 Å². The summed E-state index contributed by atoms with van der Waals surface area (Å²) < 4.78 is 16.0. The topological polar surface area (TPSA) is 39.7 Å². The number of methoxy groups -OCH3 is 1. The summed E-state index contributed by atoms with van der Waals surface area (Å²) in [5, 5.41) is 4.07. The van der Waals surface area contributed by atoms with Crippen LogP contribution in [0, 0.1) is 0 Å². The maximum Gasteiger partial charge on any atom is 0.231 e. The molecule has 1 aliphatic rings. The maximum atomic E-state index is 6.21. The molecule has 0 saturated carbocycles. The summed E-state index contributed by atoms with van der Waals surface area (Å²) in [6.45, 7) is 1.64. The molecular weight excluding hydrogens is 290 g/mol. The molecule has 1 heterocycles. The van der Waals surface area contributed by atoms with Gasteiger partial charge in [0.15, 0.2) is 11.5 Å². The third-order valence-corrected chi connectivity index (χ3v) is 3.72. The number of hydrogen-bond donors (Lipinski definition) is 1. The molecule has 0 amide bonds. The van der Waals surface area contributed by atoms with Gasteiger partial charge in [0.25, 0.3) is 0 Å². The summed E-state index contributed by atoms with van der Waals surface area (Å²) in [4.78, 5) is 0. The van der Waals surface area contributed by atoms with E-state index in [1.54, 1.807) is 7.11 Å². The van der Waals surface area contributed by atoms with Gasteiger partial charge in [-0.3, -0.25) is 0 Å². The second-order valence-corrected chi connectivity index (χ2v) is 5.12. The number of fused-ring (bicyclic) bond motifs is 1. The lowest BCUT2D eigenvalue weighted by Crippen LogP contribution is -2.13. The van der Waals surface area contributed by atoms with Crippen LogP contribution in [-0.2, 0) is 13.1 Å². The molecule has 0 unspecified atom stereocenters. The summed E-state index contributed by atoms with van der Waals surface area (Å²) in [6, 6.07) is 11.6. The van der Waals surface area contributed by atoms with Gasteiger partial charge >= 0.3 is 0 Å². The highest BCUT2D eigenvalue weighted by Gasteiger charge is 2.13. The zero-order chi connectivity index (χ0) is 14.7. The van der Waals surface area contributed by atoms with Gasteiger partial charge in [0.2, 0.25) is 6.79 Å². The van der Waals surface area contributed by atoms with Gasteiger partial charge in [0, 0.05) is 23.7 Å². The van der Waals surface area contributed by atoms with Crippen LogP contribution >= 0.6 is 11.6 Å². The first kappa shape index (κ1) is 14.0. The van der Waals surface area contributed by atoms with Crippen molar-refractivity contribution in [3.8, 4) is 17.2 Å². The van der Waals surface area contributed by atoms with Crippen molar-refractivity contribution in [1.82, 2.24) is 5.32 Å². The van der Waals surface area contributed by atoms with Crippen molar-refractivity contribution >= 4 is 11.6 Å². The predicted molar refractivity (Wildman–Crippen MR) is 81.1 cm³/mol. The molecule has 110 valence electrons. The molecular formula is C16H16ClNO3. The van der Waals surface area contributed by atoms with Crippen molar-refractivity contribution in [1.29, 1.82) is 0 Å². The fourth-order valence-corrected chi connectivity index (χ4v) is 2.52. The lowest BCUT2D eigenvalue weighted by Gasteiger charge is -2.11. The lowest BCUT2D eigenvalue weighted by molar-refractivity contribution is 0.174. The van der Waals surface area contributed by atoms with E-state index in [2.05, 4.69) is 5.32 Å². The van der Waals surface area contributed by atoms with E-state index in [-0.39, 0.29) is 0 Å². The number of halogens is 1. The summed E-state index contributed by atoms with van der Waals surface area (Å²) in [5.41, 5.74) is 2.09. The van der Waals surface area contributed by atoms with Crippen LogP contribution in [0.3, 0.4) is 0 Å². The quantitative estimate of drug-likeness (QED) is 0.919. The Labute approximate surface area is 128 Å². The van der Waals surface area contributed by atoms with Crippen LogP contribution in [0.5, 0.6) is 17.2 Å². The number of rotatable bonds is 5. The highest BCUT2D eigenvalue weighted by Crippen LogP contribution is 2.32. The molecule has 1 N–H and O–H groups in total. The van der Waals surface area contributed by atoms with Gasteiger partial charge in [-0.15, -0.1) is 0 Å². The molecule has 0 spiro atoms. The van der Waals surface area contributed by atoms with Crippen molar-refractivity contribution < 1.29 is 14.2 Å². The Hall–Kier alpha value is -1.91. The first-order chi connectivity index (χ1) is 10.3. The van der Waals surface area contributed by atoms with E-state index in [0.29, 0.717) is 24.9 Å². The van der Waals surface area contributed by atoms with Crippen LogP contribution in [0.1, 0.15) is 11.1 Å². The first-order valence-corrected chi connectivity index (χ1v) is 7.06. The lowest BCUT2D eigenvalue weighted by atomic mass is 10.1. The molecule has 4 nitrogen and oxygen atoms in total. The number of nitrogens with one attached hydrogen (secondary N) is 1. The Balaban J connectivity index is 1.64. The molecule has 0 fully saturated rings. The van der Waals surface area contributed by atoms with Gasteiger partial charge in [-0.25, -0.2) is 0 Å². The molecule has 0 bridgehead atoms. The normalized spacial score (nSPS) is 12.5. The zero-order valence-corrected chi connectivity index (χ0v) is 12.4. The van der Waals surface area contributed by atoms with E-state index in [1.165, 1.54) is 0 Å². The van der Waals surface area contributed by atoms with Gasteiger partial charge in [-0.2, -0.15) is 0 Å². The van der Waals surface area contributed by atoms with Gasteiger partial charge in [-0.05, 0) is 29.8 Å². The highest BCUT2D eigenvalue weighted by molar-refractivity contribution is 6.31. The van der Waals surface area contributed by atoms with E-state index in [9.17, 15) is 0 Å². The molecule has 0 aromatic heterocycles. The average Bonchev–Trinajstić information content (AvgIpc) is 2.96. The minimum atomic E-state index is 0.295. The van der Waals surface area contributed by atoms with E-state index in [0.717, 1.165) is 28.4 Å². The Morgan fingerprint density at radius 2 is 2.00 bits per heavy atom. The smallest absolute Gasteiger partial charge is 0.231 e. The van der Waals surface area contributed by atoms with Crippen LogP contribution in [0.25, 0.3) is 0 Å². The molecule has 0 radical (unpaired) electrons. The third-order valence-electron chi connectivity index (χ3n) is 3.36. The van der Waals surface area contributed by atoms with Crippen LogP contribution in [0.15, 0.2) is 36.4 Å². The van der Waals surface area contributed by atoms with Gasteiger partial charge in [-0.1, -0.05) is 23.7 Å². The van der Waals surface area contributed by atoms with E-state index < -0.39 is 0 Å². The molecule has 2 aromatic rings. The SMILES string of the molecule is COc1cccc(Cl)c1CNCc1ccc2c(c1)OCO2. The summed E-state index contributed by atoms with van der Waals surface area (Å²) in [5.74, 6) is 2.39. The minimum Gasteiger partial charge on any atom is -0.496 e. The monoisotopic (exact) mass is 305 g/mol. The molecule has 21 heavy (non-hydrogen) atoms. The predicted octanol–water partition coefficient (Wildman–Crippen LogP) is 3.37. The maximum absolute atomic E-state index is 6.21. The zero-order valence-electron chi connectivity index (χ0n) is 11.7.